The van der Waals surface area contributed by atoms with Gasteiger partial charge in [-0.2, -0.15) is 140 Å². The number of alkyl halides is 34. The van der Waals surface area contributed by atoms with Crippen LogP contribution in [-0.4, -0.2) is 119 Å². The standard InChI is InChI=1S/C23H12Cl2F32N2O2/c24-22(54,55)20(50,51)18(46,47)16(42,43)14(38,39)12(34,35)10(30,31)8(26,27)6(60)58-4-2-1-3-5-59-7(61)9(28,29)11(32,33)13(36,37)15(40,41)17(44,45)19(48,49)21(52,53)23(25,56)57/h1-5H2,(H,58,60)(H,59,61). The van der Waals surface area contributed by atoms with E-state index in [1.165, 1.54) is 0 Å². The number of hydrogen-bond donors (Lipinski definition) is 2. The van der Waals surface area contributed by atoms with Crippen LogP contribution >= 0.6 is 23.2 Å². The molecule has 0 saturated heterocycles. The van der Waals surface area contributed by atoms with Gasteiger partial charge in [0.25, 0.3) is 11.8 Å². The molecule has 0 aliphatic rings. The van der Waals surface area contributed by atoms with Gasteiger partial charge in [0.15, 0.2) is 0 Å². The van der Waals surface area contributed by atoms with Crippen LogP contribution in [0.5, 0.6) is 0 Å². The van der Waals surface area contributed by atoms with E-state index in [0.29, 0.717) is 10.6 Å². The summed E-state index contributed by atoms with van der Waals surface area (Å²) in [6.07, 6.45) is -3.63. The maximum Gasteiger partial charge on any atom is 0.393 e. The van der Waals surface area contributed by atoms with E-state index in [0.717, 1.165) is 0 Å². The molecule has 0 fully saturated rings. The predicted octanol–water partition coefficient (Wildman–Crippen LogP) is 10.9. The fraction of sp³-hybridized carbons (Fsp3) is 0.913. The molecule has 0 rings (SSSR count). The van der Waals surface area contributed by atoms with Crippen LogP contribution in [0.2, 0.25) is 0 Å². The molecule has 0 aromatic heterocycles. The Balaban J connectivity index is 5.93. The van der Waals surface area contributed by atoms with Crippen LogP contribution in [0.1, 0.15) is 19.3 Å². The van der Waals surface area contributed by atoms with E-state index in [2.05, 4.69) is 23.2 Å². The van der Waals surface area contributed by atoms with Gasteiger partial charge in [-0.3, -0.25) is 9.59 Å². The van der Waals surface area contributed by atoms with E-state index in [9.17, 15) is 150 Å². The monoisotopic (exact) mass is 1030 g/mol. The number of carbonyl (C=O) groups is 2. The molecule has 0 aliphatic heterocycles. The Morgan fingerprint density at radius 1 is 0.279 bits per heavy atom. The van der Waals surface area contributed by atoms with Gasteiger partial charge < -0.3 is 10.6 Å². The van der Waals surface area contributed by atoms with Crippen molar-refractivity contribution in [3.8, 4) is 0 Å². The molecule has 0 aromatic carbocycles. The lowest BCUT2D eigenvalue weighted by atomic mass is 9.89. The fourth-order valence-corrected chi connectivity index (χ4v) is 3.90. The average molecular weight is 1030 g/mol. The van der Waals surface area contributed by atoms with Crippen molar-refractivity contribution in [1.29, 1.82) is 0 Å². The highest BCUT2D eigenvalue weighted by molar-refractivity contribution is 6.22. The largest absolute Gasteiger partial charge is 0.393 e. The number of unbranched alkanes of at least 4 members (excludes halogenated alkanes) is 2. The molecule has 0 atom stereocenters. The normalized spacial score (nSPS) is 16.2. The molecule has 38 heteroatoms. The summed E-state index contributed by atoms with van der Waals surface area (Å²) in [5.74, 6) is -127. The summed E-state index contributed by atoms with van der Waals surface area (Å²) in [7, 11) is 0. The van der Waals surface area contributed by atoms with Gasteiger partial charge >= 0.3 is 93.7 Å². The molecule has 0 aromatic rings. The lowest BCUT2D eigenvalue weighted by molar-refractivity contribution is -0.446. The van der Waals surface area contributed by atoms with E-state index in [1.54, 1.807) is 0 Å². The lowest BCUT2D eigenvalue weighted by Crippen LogP contribution is -2.75. The first-order valence-electron chi connectivity index (χ1n) is 14.0. The molecule has 0 aliphatic carbocycles. The average Bonchev–Trinajstić information content (AvgIpc) is 3.05. The molecule has 0 bridgehead atoms. The van der Waals surface area contributed by atoms with E-state index in [1.807, 2.05) is 0 Å². The first-order valence-corrected chi connectivity index (χ1v) is 14.8. The maximum absolute atomic E-state index is 13.9. The molecule has 0 saturated carbocycles. The number of rotatable bonds is 22. The summed E-state index contributed by atoms with van der Waals surface area (Å²) in [5.41, 5.74) is 0. The van der Waals surface area contributed by atoms with E-state index in [-0.39, 0.29) is 0 Å². The first-order chi connectivity index (χ1) is 26.0. The minimum Gasteiger partial charge on any atom is -0.351 e. The highest BCUT2D eigenvalue weighted by atomic mass is 35.5. The fourth-order valence-electron chi connectivity index (χ4n) is 3.67. The Labute approximate surface area is 322 Å². The molecule has 0 heterocycles. The Morgan fingerprint density at radius 3 is 0.623 bits per heavy atom. The Bertz CT molecular complexity index is 1470. The van der Waals surface area contributed by atoms with Crippen molar-refractivity contribution >= 4 is 35.0 Å². The van der Waals surface area contributed by atoms with Gasteiger partial charge in [-0.25, -0.2) is 0 Å². The molecule has 4 nitrogen and oxygen atoms in total. The molecule has 364 valence electrons. The Hall–Kier alpha value is -2.72. The highest BCUT2D eigenvalue weighted by Gasteiger charge is 2.97. The van der Waals surface area contributed by atoms with Gasteiger partial charge in [-0.15, -0.1) is 0 Å². The van der Waals surface area contributed by atoms with E-state index in [4.69, 9.17) is 0 Å². The van der Waals surface area contributed by atoms with Crippen molar-refractivity contribution in [2.24, 2.45) is 0 Å². The number of halogens is 34. The summed E-state index contributed by atoms with van der Waals surface area (Å²) >= 11 is 6.68. The minimum atomic E-state index is -8.95. The Kier molecular flexibility index (Phi) is 15.3. The van der Waals surface area contributed by atoms with Crippen molar-refractivity contribution in [1.82, 2.24) is 10.6 Å². The van der Waals surface area contributed by atoms with Crippen LogP contribution in [0.15, 0.2) is 0 Å². The molecule has 0 spiro atoms. The third-order valence-electron chi connectivity index (χ3n) is 7.44. The van der Waals surface area contributed by atoms with Gasteiger partial charge in [-0.05, 0) is 42.5 Å². The predicted molar refractivity (Wildman–Crippen MR) is 131 cm³/mol. The summed E-state index contributed by atoms with van der Waals surface area (Å²) < 4.78 is 432. The second-order valence-electron chi connectivity index (χ2n) is 11.6. The van der Waals surface area contributed by atoms with Gasteiger partial charge in [0.2, 0.25) is 0 Å². The van der Waals surface area contributed by atoms with Crippen LogP contribution in [0, 0.1) is 0 Å². The molecular formula is C23H12Cl2F32N2O2. The van der Waals surface area contributed by atoms with Crippen LogP contribution < -0.4 is 10.6 Å². The molecule has 2 N–H and O–H groups in total. The van der Waals surface area contributed by atoms with Gasteiger partial charge in [-0.1, -0.05) is 0 Å². The summed E-state index contributed by atoms with van der Waals surface area (Å²) in [6, 6.07) is 0. The van der Waals surface area contributed by atoms with Crippen molar-refractivity contribution < 1.29 is 150 Å². The van der Waals surface area contributed by atoms with Crippen LogP contribution in [0.3, 0.4) is 0 Å². The van der Waals surface area contributed by atoms with Gasteiger partial charge in [0.05, 0.1) is 0 Å². The zero-order valence-corrected chi connectivity index (χ0v) is 28.7. The van der Waals surface area contributed by atoms with Gasteiger partial charge in [0.1, 0.15) is 0 Å². The lowest BCUT2D eigenvalue weighted by Gasteiger charge is -2.42. The second kappa shape index (κ2) is 16.1. The number of hydrogen-bond acceptors (Lipinski definition) is 2. The molecule has 0 radical (unpaired) electrons. The summed E-state index contributed by atoms with van der Waals surface area (Å²) in [5, 5.41) is -13.4. The third kappa shape index (κ3) is 8.29. The molecule has 0 unspecified atom stereocenters. The SMILES string of the molecule is O=C(NCCCCCNC(=O)C(F)(F)C(F)(F)C(F)(F)C(F)(F)C(F)(F)C(F)(F)C(F)(F)C(F)(F)Cl)C(F)(F)C(F)(F)C(F)(F)C(F)(F)C(F)(F)C(F)(F)C(F)(F)C(F)(F)Cl. The van der Waals surface area contributed by atoms with Crippen molar-refractivity contribution in [3.05, 3.63) is 0 Å². The Morgan fingerprint density at radius 2 is 0.443 bits per heavy atom. The number of nitrogens with one attached hydrogen (secondary N) is 2. The zero-order valence-electron chi connectivity index (χ0n) is 27.2. The zero-order chi connectivity index (χ0) is 50.1. The first kappa shape index (κ1) is 58.3. The van der Waals surface area contributed by atoms with Gasteiger partial charge in [0, 0.05) is 13.1 Å². The summed E-state index contributed by atoms with van der Waals surface area (Å²) in [6.45, 7) is -3.54. The molecule has 2 amide bonds. The van der Waals surface area contributed by atoms with Crippen molar-refractivity contribution in [2.45, 2.75) is 113 Å². The van der Waals surface area contributed by atoms with Crippen LogP contribution in [0.25, 0.3) is 0 Å². The number of carbonyl (C=O) groups excluding carboxylic acids is 2. The topological polar surface area (TPSA) is 58.2 Å². The smallest absolute Gasteiger partial charge is 0.351 e. The van der Waals surface area contributed by atoms with Crippen LogP contribution in [0.4, 0.5) is 140 Å². The second-order valence-corrected chi connectivity index (χ2v) is 12.6. The number of amides is 2. The van der Waals surface area contributed by atoms with Crippen LogP contribution in [-0.2, 0) is 9.59 Å². The van der Waals surface area contributed by atoms with E-state index >= 15 is 0 Å². The van der Waals surface area contributed by atoms with Crippen molar-refractivity contribution in [3.63, 3.8) is 0 Å². The highest BCUT2D eigenvalue weighted by Crippen LogP contribution is 2.66. The van der Waals surface area contributed by atoms with Crippen molar-refractivity contribution in [2.75, 3.05) is 13.1 Å². The summed E-state index contributed by atoms with van der Waals surface area (Å²) in [4.78, 5) is 22.8. The third-order valence-corrected chi connectivity index (χ3v) is 7.91. The quantitative estimate of drug-likeness (QED) is 0.0645. The molecule has 61 heavy (non-hydrogen) atoms. The maximum atomic E-state index is 13.9. The minimum absolute atomic E-state index is 0.390. The van der Waals surface area contributed by atoms with E-state index < -0.39 is 138 Å². The molecular weight excluding hydrogens is 1020 g/mol.